The summed E-state index contributed by atoms with van der Waals surface area (Å²) in [5.41, 5.74) is 17.6. The van der Waals surface area contributed by atoms with Gasteiger partial charge in [-0.15, -0.1) is 0 Å². The van der Waals surface area contributed by atoms with Crippen LogP contribution >= 0.6 is 0 Å². The Bertz CT molecular complexity index is 4680. The molecule has 0 amide bonds. The van der Waals surface area contributed by atoms with Gasteiger partial charge in [0.1, 0.15) is 11.5 Å². The van der Waals surface area contributed by atoms with E-state index in [2.05, 4.69) is 268 Å². The summed E-state index contributed by atoms with van der Waals surface area (Å²) in [6.45, 7) is 2.17. The van der Waals surface area contributed by atoms with E-state index in [0.717, 1.165) is 111 Å². The highest BCUT2D eigenvalue weighted by molar-refractivity contribution is 6.16. The normalized spacial score (nSPS) is 12.0. The lowest BCUT2D eigenvalue weighted by Gasteiger charge is -2.12. The van der Waals surface area contributed by atoms with Gasteiger partial charge in [-0.1, -0.05) is 133 Å². The predicted octanol–water partition coefficient (Wildman–Crippen LogP) is 17.2. The molecule has 6 heteroatoms. The number of hydrogen-bond donors (Lipinski definition) is 0. The summed E-state index contributed by atoms with van der Waals surface area (Å²) < 4.78 is 16.7. The number of aromatic nitrogens is 5. The Morgan fingerprint density at radius 2 is 0.806 bits per heavy atom. The Morgan fingerprint density at radius 1 is 0.319 bits per heavy atom. The molecule has 0 N–H and O–H groups in total. The van der Waals surface area contributed by atoms with Crippen molar-refractivity contribution in [3.05, 3.63) is 248 Å². The molecule has 0 fully saturated rings. The van der Waals surface area contributed by atoms with E-state index in [-0.39, 0.29) is 0 Å². The molecule has 0 aliphatic rings. The van der Waals surface area contributed by atoms with Crippen molar-refractivity contribution in [3.63, 3.8) is 0 Å². The largest absolute Gasteiger partial charge is 0.456 e. The highest BCUT2D eigenvalue weighted by Crippen LogP contribution is 2.45. The minimum atomic E-state index is 0.801. The monoisotopic (exact) mass is 921 g/mol. The molecule has 0 atom stereocenters. The second kappa shape index (κ2) is 15.7. The summed E-state index contributed by atoms with van der Waals surface area (Å²) >= 11 is 0. The highest BCUT2D eigenvalue weighted by atomic mass is 16.5. The maximum Gasteiger partial charge on any atom is 0.137 e. The van der Waals surface area contributed by atoms with Gasteiger partial charge in [-0.2, -0.15) is 0 Å². The summed E-state index contributed by atoms with van der Waals surface area (Å²) in [7, 11) is 0. The van der Waals surface area contributed by atoms with Crippen LogP contribution in [0, 0.1) is 6.92 Å². The van der Waals surface area contributed by atoms with Crippen molar-refractivity contribution >= 4 is 87.4 Å². The zero-order valence-electron chi connectivity index (χ0n) is 39.2. The Balaban J connectivity index is 0.857. The van der Waals surface area contributed by atoms with Gasteiger partial charge in [-0.05, 0) is 122 Å². The van der Waals surface area contributed by atoms with Gasteiger partial charge < -0.3 is 23.0 Å². The highest BCUT2D eigenvalue weighted by Gasteiger charge is 2.22. The number of para-hydroxylation sites is 6. The lowest BCUT2D eigenvalue weighted by molar-refractivity contribution is 0.495. The summed E-state index contributed by atoms with van der Waals surface area (Å²) in [6, 6.07) is 86.7. The van der Waals surface area contributed by atoms with Crippen molar-refractivity contribution < 1.29 is 4.74 Å². The van der Waals surface area contributed by atoms with Crippen LogP contribution in [0.2, 0.25) is 0 Å². The van der Waals surface area contributed by atoms with Gasteiger partial charge in [0.05, 0.1) is 66.1 Å². The molecule has 338 valence electrons. The minimum absolute atomic E-state index is 0.801. The van der Waals surface area contributed by atoms with E-state index >= 15 is 0 Å². The molecule has 10 aromatic carbocycles. The van der Waals surface area contributed by atoms with E-state index < -0.39 is 0 Å². The second-order valence-electron chi connectivity index (χ2n) is 18.8. The summed E-state index contributed by atoms with van der Waals surface area (Å²) in [6.07, 6.45) is 0. The van der Waals surface area contributed by atoms with Gasteiger partial charge in [-0.3, -0.25) is 0 Å². The molecule has 5 heterocycles. The number of fused-ring (bicyclic) bond motifs is 12. The van der Waals surface area contributed by atoms with E-state index in [0.29, 0.717) is 0 Å². The van der Waals surface area contributed by atoms with Crippen LogP contribution in [0.3, 0.4) is 0 Å². The zero-order chi connectivity index (χ0) is 47.4. The molecule has 0 unspecified atom stereocenters. The molecule has 5 aromatic heterocycles. The number of rotatable bonds is 7. The number of aryl methyl sites for hydroxylation is 1. The molecular formula is C66H43N5O. The lowest BCUT2D eigenvalue weighted by Crippen LogP contribution is -1.97. The fourth-order valence-corrected chi connectivity index (χ4v) is 11.6. The quantitative estimate of drug-likeness (QED) is 0.160. The first-order valence-corrected chi connectivity index (χ1v) is 24.5. The Morgan fingerprint density at radius 3 is 1.49 bits per heavy atom. The van der Waals surface area contributed by atoms with E-state index in [1.54, 1.807) is 0 Å². The van der Waals surface area contributed by atoms with Crippen molar-refractivity contribution in [1.29, 1.82) is 0 Å². The molecule has 0 bridgehead atoms. The molecule has 0 aliphatic heterocycles. The predicted molar refractivity (Wildman–Crippen MR) is 298 cm³/mol. The van der Waals surface area contributed by atoms with Crippen LogP contribution in [-0.4, -0.2) is 23.3 Å². The molecule has 0 spiro atoms. The van der Waals surface area contributed by atoms with E-state index in [1.807, 2.05) is 0 Å². The van der Waals surface area contributed by atoms with Crippen LogP contribution in [0.5, 0.6) is 11.5 Å². The number of pyridine rings is 1. The Hall–Kier alpha value is -9.65. The Labute approximate surface area is 414 Å². The van der Waals surface area contributed by atoms with Gasteiger partial charge in [0, 0.05) is 55.2 Å². The molecule has 0 saturated heterocycles. The van der Waals surface area contributed by atoms with Crippen molar-refractivity contribution in [2.75, 3.05) is 0 Å². The van der Waals surface area contributed by atoms with E-state index in [4.69, 9.17) is 9.72 Å². The molecule has 0 radical (unpaired) electrons. The van der Waals surface area contributed by atoms with Gasteiger partial charge in [-0.25, -0.2) is 4.98 Å². The van der Waals surface area contributed by atoms with Gasteiger partial charge in [0.2, 0.25) is 0 Å². The van der Waals surface area contributed by atoms with Crippen molar-refractivity contribution in [2.45, 2.75) is 6.92 Å². The van der Waals surface area contributed by atoms with Crippen LogP contribution < -0.4 is 4.74 Å². The van der Waals surface area contributed by atoms with Crippen molar-refractivity contribution in [1.82, 2.24) is 23.3 Å². The number of nitrogens with zero attached hydrogens (tertiary/aromatic N) is 5. The fourth-order valence-electron chi connectivity index (χ4n) is 11.6. The lowest BCUT2D eigenvalue weighted by atomic mass is 10.1. The van der Waals surface area contributed by atoms with Gasteiger partial charge in [0.25, 0.3) is 0 Å². The number of benzene rings is 10. The number of ether oxygens (including phenoxy) is 1. The molecule has 0 aliphatic carbocycles. The molecule has 72 heavy (non-hydrogen) atoms. The molecular weight excluding hydrogens is 879 g/mol. The van der Waals surface area contributed by atoms with E-state index in [9.17, 15) is 0 Å². The van der Waals surface area contributed by atoms with Crippen LogP contribution in [0.1, 0.15) is 5.56 Å². The topological polar surface area (TPSA) is 41.8 Å². The van der Waals surface area contributed by atoms with Gasteiger partial charge in [0.15, 0.2) is 0 Å². The average molecular weight is 922 g/mol. The first-order chi connectivity index (χ1) is 35.7. The van der Waals surface area contributed by atoms with Crippen LogP contribution in [0.15, 0.2) is 243 Å². The van der Waals surface area contributed by atoms with E-state index in [1.165, 1.54) is 27.4 Å². The maximum absolute atomic E-state index is 7.27. The third kappa shape index (κ3) is 5.93. The van der Waals surface area contributed by atoms with Crippen molar-refractivity contribution in [3.8, 4) is 45.5 Å². The summed E-state index contributed by atoms with van der Waals surface area (Å²) in [5.74, 6) is 1.61. The average Bonchev–Trinajstić information content (AvgIpc) is 4.17. The zero-order valence-corrected chi connectivity index (χ0v) is 39.2. The second-order valence-corrected chi connectivity index (χ2v) is 18.8. The summed E-state index contributed by atoms with van der Waals surface area (Å²) in [5, 5.41) is 7.94. The first-order valence-electron chi connectivity index (χ1n) is 24.5. The van der Waals surface area contributed by atoms with Crippen LogP contribution in [-0.2, 0) is 0 Å². The third-order valence-corrected chi connectivity index (χ3v) is 14.7. The Kier molecular flexibility index (Phi) is 8.77. The summed E-state index contributed by atoms with van der Waals surface area (Å²) in [4.78, 5) is 5.41. The molecule has 15 rings (SSSR count). The van der Waals surface area contributed by atoms with Crippen LogP contribution in [0.4, 0.5) is 0 Å². The fraction of sp³-hybridized carbons (Fsp3) is 0.0152. The molecule has 6 nitrogen and oxygen atoms in total. The SMILES string of the molecule is Cc1ccccc1-n1c2ccccc2c2nc(-c3cccc(-n4c5ccccc5c5c(Oc6cccc7c6c6ccccc6n7-c6ccc7c(c6)c6ccccc6n7-c6ccccc6)cccc54)c3)ccc21. The number of hydrogen-bond acceptors (Lipinski definition) is 2. The third-order valence-electron chi connectivity index (χ3n) is 14.7. The molecule has 0 saturated carbocycles. The first kappa shape index (κ1) is 40.3. The molecule has 15 aromatic rings. The maximum atomic E-state index is 7.27. The van der Waals surface area contributed by atoms with Crippen LogP contribution in [0.25, 0.3) is 121 Å². The van der Waals surface area contributed by atoms with Gasteiger partial charge >= 0.3 is 0 Å². The van der Waals surface area contributed by atoms with Crippen molar-refractivity contribution in [2.24, 2.45) is 0 Å². The standard InChI is InChI=1S/C66H43N5O/c1-42-18-5-10-27-53(42)71-57-31-14-9-26-50(57)66-61(71)39-37-52(67-66)43-19-15-22-45(40-43)69-55-29-12-7-24-48(55)64-59(69)32-16-34-62(64)72-63-35-17-33-60-65(63)49-25-8-13-30-56(49)70(60)46-36-38-58-51(41-46)47-23-6-11-28-54(47)68(58)44-20-3-2-4-21-44/h2-41H,1H3. The smallest absolute Gasteiger partial charge is 0.137 e. The minimum Gasteiger partial charge on any atom is -0.456 e.